The van der Waals surface area contributed by atoms with Gasteiger partial charge in [-0.3, -0.25) is 4.90 Å². The second-order valence-electron chi connectivity index (χ2n) is 7.11. The molecule has 1 aliphatic rings. The van der Waals surface area contributed by atoms with Crippen molar-refractivity contribution in [1.29, 1.82) is 0 Å². The van der Waals surface area contributed by atoms with Crippen LogP contribution in [0.4, 0.5) is 0 Å². The molecule has 1 saturated heterocycles. The average Bonchev–Trinajstić information content (AvgIpc) is 2.95. The zero-order valence-corrected chi connectivity index (χ0v) is 13.6. The summed E-state index contributed by atoms with van der Waals surface area (Å²) in [6.45, 7) is 10.7. The number of likely N-dealkylation sites (tertiary alicyclic amines) is 1. The lowest BCUT2D eigenvalue weighted by Gasteiger charge is -2.22. The summed E-state index contributed by atoms with van der Waals surface area (Å²) in [5, 5.41) is 3.50. The Morgan fingerprint density at radius 2 is 2.15 bits per heavy atom. The van der Waals surface area contributed by atoms with Crippen LogP contribution in [0.1, 0.15) is 38.5 Å². The van der Waals surface area contributed by atoms with Gasteiger partial charge in [0.15, 0.2) is 0 Å². The number of nitrogens with one attached hydrogen (secondary N) is 1. The first-order valence-corrected chi connectivity index (χ1v) is 7.54. The molecular weight excluding hydrogens is 250 g/mol. The van der Waals surface area contributed by atoms with Crippen LogP contribution in [0.25, 0.3) is 0 Å². The van der Waals surface area contributed by atoms with E-state index in [1.807, 2.05) is 6.26 Å². The van der Waals surface area contributed by atoms with Gasteiger partial charge in [0.2, 0.25) is 0 Å². The summed E-state index contributed by atoms with van der Waals surface area (Å²) in [6, 6.07) is 2.81. The molecule has 114 valence electrons. The van der Waals surface area contributed by atoms with E-state index in [1.165, 1.54) is 18.5 Å². The zero-order valence-electron chi connectivity index (χ0n) is 13.6. The summed E-state index contributed by atoms with van der Waals surface area (Å²) >= 11 is 0. The fourth-order valence-corrected chi connectivity index (χ4v) is 2.63. The molecule has 1 aromatic heterocycles. The van der Waals surface area contributed by atoms with Crippen molar-refractivity contribution in [2.75, 3.05) is 27.2 Å². The Morgan fingerprint density at radius 1 is 1.40 bits per heavy atom. The van der Waals surface area contributed by atoms with Crippen molar-refractivity contribution >= 4 is 0 Å². The van der Waals surface area contributed by atoms with Crippen LogP contribution in [-0.2, 0) is 13.1 Å². The van der Waals surface area contributed by atoms with Gasteiger partial charge in [0.25, 0.3) is 0 Å². The minimum absolute atomic E-state index is 0.119. The number of furan rings is 1. The highest BCUT2D eigenvalue weighted by atomic mass is 16.3. The fraction of sp³-hybridized carbons (Fsp3) is 0.750. The Balaban J connectivity index is 1.89. The summed E-state index contributed by atoms with van der Waals surface area (Å²) in [5.41, 5.74) is 1.44. The molecule has 0 saturated carbocycles. The van der Waals surface area contributed by atoms with Gasteiger partial charge in [0.05, 0.1) is 12.8 Å². The molecule has 2 heterocycles. The first kappa shape index (κ1) is 15.5. The normalized spacial score (nSPS) is 21.0. The highest BCUT2D eigenvalue weighted by Crippen LogP contribution is 2.19. The van der Waals surface area contributed by atoms with Gasteiger partial charge in [0, 0.05) is 36.8 Å². The molecule has 1 atom stereocenters. The minimum atomic E-state index is 0.119. The monoisotopic (exact) mass is 279 g/mol. The molecule has 20 heavy (non-hydrogen) atoms. The molecule has 1 fully saturated rings. The maximum absolute atomic E-state index is 5.65. The summed E-state index contributed by atoms with van der Waals surface area (Å²) in [5.74, 6) is 1.08. The fourth-order valence-electron chi connectivity index (χ4n) is 2.63. The van der Waals surface area contributed by atoms with Crippen LogP contribution in [0.5, 0.6) is 0 Å². The second kappa shape index (κ2) is 6.29. The van der Waals surface area contributed by atoms with E-state index in [4.69, 9.17) is 4.42 Å². The summed E-state index contributed by atoms with van der Waals surface area (Å²) in [4.78, 5) is 4.85. The van der Waals surface area contributed by atoms with Gasteiger partial charge in [0.1, 0.15) is 5.76 Å². The van der Waals surface area contributed by atoms with Crippen LogP contribution in [0.3, 0.4) is 0 Å². The molecule has 0 radical (unpaired) electrons. The van der Waals surface area contributed by atoms with E-state index >= 15 is 0 Å². The van der Waals surface area contributed by atoms with Crippen molar-refractivity contribution in [3.8, 4) is 0 Å². The van der Waals surface area contributed by atoms with Gasteiger partial charge in [-0.25, -0.2) is 0 Å². The molecular formula is C16H29N3O. The Bertz CT molecular complexity index is 420. The third-order valence-electron chi connectivity index (χ3n) is 3.99. The van der Waals surface area contributed by atoms with Crippen molar-refractivity contribution < 1.29 is 4.42 Å². The van der Waals surface area contributed by atoms with E-state index in [0.717, 1.165) is 25.4 Å². The Labute approximate surface area is 123 Å². The highest BCUT2D eigenvalue weighted by Gasteiger charge is 2.24. The number of nitrogens with zero attached hydrogens (tertiary/aromatic N) is 2. The number of rotatable bonds is 5. The van der Waals surface area contributed by atoms with E-state index in [0.29, 0.717) is 6.04 Å². The molecule has 2 rings (SSSR count). The molecule has 0 aliphatic carbocycles. The minimum Gasteiger partial charge on any atom is -0.468 e. The van der Waals surface area contributed by atoms with Crippen molar-refractivity contribution in [2.24, 2.45) is 0 Å². The van der Waals surface area contributed by atoms with E-state index < -0.39 is 0 Å². The summed E-state index contributed by atoms with van der Waals surface area (Å²) in [6.07, 6.45) is 3.08. The Hall–Kier alpha value is -0.840. The van der Waals surface area contributed by atoms with Crippen molar-refractivity contribution in [3.63, 3.8) is 0 Å². The predicted octanol–water partition coefficient (Wildman–Crippen LogP) is 2.30. The first-order valence-electron chi connectivity index (χ1n) is 7.54. The third-order valence-corrected chi connectivity index (χ3v) is 3.99. The topological polar surface area (TPSA) is 31.6 Å². The Kier molecular flexibility index (Phi) is 4.89. The molecule has 4 heteroatoms. The predicted molar refractivity (Wildman–Crippen MR) is 82.7 cm³/mol. The molecule has 0 aromatic carbocycles. The van der Waals surface area contributed by atoms with Gasteiger partial charge >= 0.3 is 0 Å². The van der Waals surface area contributed by atoms with Crippen LogP contribution >= 0.6 is 0 Å². The number of hydrogen-bond acceptors (Lipinski definition) is 4. The lowest BCUT2D eigenvalue weighted by atomic mass is 10.1. The summed E-state index contributed by atoms with van der Waals surface area (Å²) in [7, 11) is 4.34. The largest absolute Gasteiger partial charge is 0.468 e. The molecule has 4 nitrogen and oxygen atoms in total. The van der Waals surface area contributed by atoms with Gasteiger partial charge in [-0.15, -0.1) is 0 Å². The molecule has 0 bridgehead atoms. The Morgan fingerprint density at radius 3 is 2.75 bits per heavy atom. The van der Waals surface area contributed by atoms with Crippen LogP contribution < -0.4 is 5.32 Å². The summed E-state index contributed by atoms with van der Waals surface area (Å²) < 4.78 is 5.65. The van der Waals surface area contributed by atoms with Crippen molar-refractivity contribution in [2.45, 2.75) is 51.9 Å². The molecule has 0 spiro atoms. The maximum Gasteiger partial charge on any atom is 0.122 e. The average molecular weight is 279 g/mol. The maximum atomic E-state index is 5.65. The molecule has 1 unspecified atom stereocenters. The third kappa shape index (κ3) is 4.33. The zero-order chi connectivity index (χ0) is 14.8. The van der Waals surface area contributed by atoms with E-state index in [1.54, 1.807) is 0 Å². The van der Waals surface area contributed by atoms with E-state index in [9.17, 15) is 0 Å². The van der Waals surface area contributed by atoms with Crippen LogP contribution in [0.15, 0.2) is 16.7 Å². The highest BCUT2D eigenvalue weighted by molar-refractivity contribution is 5.17. The second-order valence-corrected chi connectivity index (χ2v) is 7.11. The smallest absolute Gasteiger partial charge is 0.122 e. The number of hydrogen-bond donors (Lipinski definition) is 1. The van der Waals surface area contributed by atoms with Crippen LogP contribution in [0.2, 0.25) is 0 Å². The molecule has 1 aromatic rings. The number of likely N-dealkylation sites (N-methyl/N-ethyl adjacent to an activating group) is 1. The lowest BCUT2D eigenvalue weighted by molar-refractivity contribution is 0.263. The lowest BCUT2D eigenvalue weighted by Crippen LogP contribution is -2.35. The quantitative estimate of drug-likeness (QED) is 0.896. The standard InChI is InChI=1S/C16H29N3O/c1-16(2,3)17-10-15-13(7-9-20-15)11-19-8-6-14(12-19)18(4)5/h7,9,14,17H,6,8,10-12H2,1-5H3. The molecule has 1 aliphatic heterocycles. The first-order chi connectivity index (χ1) is 9.35. The van der Waals surface area contributed by atoms with Gasteiger partial charge in [-0.05, 0) is 47.4 Å². The van der Waals surface area contributed by atoms with E-state index in [-0.39, 0.29) is 5.54 Å². The van der Waals surface area contributed by atoms with Gasteiger partial charge in [-0.2, -0.15) is 0 Å². The van der Waals surface area contributed by atoms with E-state index in [2.05, 4.69) is 56.0 Å². The van der Waals surface area contributed by atoms with Gasteiger partial charge < -0.3 is 14.6 Å². The molecule has 0 amide bonds. The molecule has 1 N–H and O–H groups in total. The van der Waals surface area contributed by atoms with Gasteiger partial charge in [-0.1, -0.05) is 0 Å². The van der Waals surface area contributed by atoms with Crippen molar-refractivity contribution in [1.82, 2.24) is 15.1 Å². The SMILES string of the molecule is CN(C)C1CCN(Cc2ccoc2CNC(C)(C)C)C1. The van der Waals surface area contributed by atoms with Crippen LogP contribution in [0, 0.1) is 0 Å². The van der Waals surface area contributed by atoms with Crippen LogP contribution in [-0.4, -0.2) is 48.6 Å². The van der Waals surface area contributed by atoms with Crippen molar-refractivity contribution in [3.05, 3.63) is 23.7 Å².